The van der Waals surface area contributed by atoms with Crippen LogP contribution in [0.2, 0.25) is 0 Å². The molecule has 0 nitrogen and oxygen atoms in total. The second-order valence-corrected chi connectivity index (χ2v) is 7.20. The van der Waals surface area contributed by atoms with Crippen molar-refractivity contribution in [2.75, 3.05) is 0 Å². The minimum atomic E-state index is 0.593. The molecule has 0 rings (SSSR count). The smallest absolute Gasteiger partial charge is 0.0354 e. The first-order chi connectivity index (χ1) is 9.12. The van der Waals surface area contributed by atoms with Crippen LogP contribution in [0.3, 0.4) is 0 Å². The highest BCUT2D eigenvalue weighted by atomic mass is 14.2. The zero-order chi connectivity index (χ0) is 14.4. The minimum Gasteiger partial charge on any atom is -0.0654 e. The molecule has 0 atom stereocenters. The van der Waals surface area contributed by atoms with Crippen LogP contribution in [-0.4, -0.2) is 0 Å². The van der Waals surface area contributed by atoms with Gasteiger partial charge >= 0.3 is 0 Å². The number of hydrogen-bond donors (Lipinski definition) is 0. The van der Waals surface area contributed by atoms with E-state index in [9.17, 15) is 0 Å². The summed E-state index contributed by atoms with van der Waals surface area (Å²) in [6, 6.07) is 0. The van der Waals surface area contributed by atoms with Crippen LogP contribution < -0.4 is 0 Å². The van der Waals surface area contributed by atoms with Crippen LogP contribution in [0.5, 0.6) is 0 Å². The largest absolute Gasteiger partial charge is 0.0654 e. The summed E-state index contributed by atoms with van der Waals surface area (Å²) in [4.78, 5) is 0. The molecule has 0 radical (unpaired) electrons. The van der Waals surface area contributed by atoms with Crippen molar-refractivity contribution < 1.29 is 0 Å². The quantitative estimate of drug-likeness (QED) is 0.286. The van der Waals surface area contributed by atoms with Gasteiger partial charge in [-0.2, -0.15) is 0 Å². The number of hydrogen-bond acceptors (Lipinski definition) is 0. The predicted octanol–water partition coefficient (Wildman–Crippen LogP) is 7.51. The molecule has 0 saturated heterocycles. The molecule has 0 unspecified atom stereocenters. The zero-order valence-electron chi connectivity index (χ0n) is 14.4. The Morgan fingerprint density at radius 1 is 0.474 bits per heavy atom. The van der Waals surface area contributed by atoms with E-state index >= 15 is 0 Å². The normalized spacial score (nSPS) is 12.0. The van der Waals surface area contributed by atoms with Crippen molar-refractivity contribution in [2.45, 2.75) is 118 Å². The van der Waals surface area contributed by atoms with Gasteiger partial charge in [0.05, 0.1) is 0 Å². The van der Waals surface area contributed by atoms with Crippen molar-refractivity contribution in [3.05, 3.63) is 0 Å². The van der Waals surface area contributed by atoms with Gasteiger partial charge in [-0.3, -0.25) is 0 Å². The van der Waals surface area contributed by atoms with Crippen molar-refractivity contribution in [1.82, 2.24) is 0 Å². The van der Waals surface area contributed by atoms with Gasteiger partial charge in [-0.25, -0.2) is 0 Å². The van der Waals surface area contributed by atoms with E-state index in [1.165, 1.54) is 89.9 Å². The summed E-state index contributed by atoms with van der Waals surface area (Å²) in [5.41, 5.74) is 0.593. The second kappa shape index (κ2) is 13.0. The van der Waals surface area contributed by atoms with Crippen molar-refractivity contribution in [2.24, 2.45) is 5.41 Å². The Morgan fingerprint density at radius 3 is 1.16 bits per heavy atom. The van der Waals surface area contributed by atoms with Crippen LogP contribution in [0.1, 0.15) is 118 Å². The van der Waals surface area contributed by atoms with Crippen molar-refractivity contribution in [1.29, 1.82) is 0 Å². The van der Waals surface area contributed by atoms with Crippen LogP contribution in [0, 0.1) is 5.41 Å². The maximum Gasteiger partial charge on any atom is -0.0354 e. The summed E-state index contributed by atoms with van der Waals surface area (Å²) < 4.78 is 0. The van der Waals surface area contributed by atoms with Gasteiger partial charge in [0.1, 0.15) is 0 Å². The molecule has 0 aromatic carbocycles. The van der Waals surface area contributed by atoms with Crippen molar-refractivity contribution >= 4 is 0 Å². The molecule has 0 heteroatoms. The van der Waals surface area contributed by atoms with E-state index in [0.29, 0.717) is 5.41 Å². The molecular formula is C19H40. The van der Waals surface area contributed by atoms with E-state index in [1.807, 2.05) is 0 Å². The number of rotatable bonds is 14. The van der Waals surface area contributed by atoms with E-state index in [2.05, 4.69) is 27.7 Å². The van der Waals surface area contributed by atoms with Gasteiger partial charge in [0.15, 0.2) is 0 Å². The van der Waals surface area contributed by atoms with E-state index in [-0.39, 0.29) is 0 Å². The van der Waals surface area contributed by atoms with Gasteiger partial charge in [0, 0.05) is 0 Å². The van der Waals surface area contributed by atoms with Crippen LogP contribution in [0.15, 0.2) is 0 Å². The van der Waals surface area contributed by atoms with Crippen LogP contribution in [-0.2, 0) is 0 Å². The molecule has 0 fully saturated rings. The highest BCUT2D eigenvalue weighted by molar-refractivity contribution is 4.68. The maximum atomic E-state index is 2.48. The molecule has 0 spiro atoms. The van der Waals surface area contributed by atoms with E-state index in [1.54, 1.807) is 0 Å². The molecule has 116 valence electrons. The molecule has 0 saturated carbocycles. The van der Waals surface area contributed by atoms with Gasteiger partial charge in [-0.05, 0) is 18.3 Å². The summed E-state index contributed by atoms with van der Waals surface area (Å²) in [6.45, 7) is 9.55. The van der Waals surface area contributed by atoms with E-state index < -0.39 is 0 Å². The van der Waals surface area contributed by atoms with E-state index in [4.69, 9.17) is 0 Å². The molecule has 0 aromatic heterocycles. The molecule has 0 aliphatic rings. The lowest BCUT2D eigenvalue weighted by molar-refractivity contribution is 0.282. The Balaban J connectivity index is 3.36. The zero-order valence-corrected chi connectivity index (χ0v) is 14.4. The third-order valence-electron chi connectivity index (χ3n) is 4.41. The van der Waals surface area contributed by atoms with Crippen LogP contribution in [0.25, 0.3) is 0 Å². The molecule has 0 heterocycles. The fourth-order valence-corrected chi connectivity index (χ4v) is 2.89. The van der Waals surface area contributed by atoms with Gasteiger partial charge in [0.2, 0.25) is 0 Å². The highest BCUT2D eigenvalue weighted by Crippen LogP contribution is 2.30. The maximum absolute atomic E-state index is 2.48. The Labute approximate surface area is 123 Å². The van der Waals surface area contributed by atoms with Gasteiger partial charge in [-0.15, -0.1) is 0 Å². The Morgan fingerprint density at radius 2 is 0.789 bits per heavy atom. The van der Waals surface area contributed by atoms with Crippen LogP contribution >= 0.6 is 0 Å². The predicted molar refractivity (Wildman–Crippen MR) is 89.8 cm³/mol. The second-order valence-electron chi connectivity index (χ2n) is 7.20. The van der Waals surface area contributed by atoms with Crippen LogP contribution in [0.4, 0.5) is 0 Å². The first kappa shape index (κ1) is 19.0. The first-order valence-corrected chi connectivity index (χ1v) is 9.12. The monoisotopic (exact) mass is 268 g/mol. The summed E-state index contributed by atoms with van der Waals surface area (Å²) in [6.07, 6.45) is 20.1. The fraction of sp³-hybridized carbons (Fsp3) is 1.00. The van der Waals surface area contributed by atoms with Gasteiger partial charge in [0.25, 0.3) is 0 Å². The van der Waals surface area contributed by atoms with Crippen molar-refractivity contribution in [3.8, 4) is 0 Å². The summed E-state index contributed by atoms with van der Waals surface area (Å²) in [5.74, 6) is 0. The average Bonchev–Trinajstić information content (AvgIpc) is 2.38. The minimum absolute atomic E-state index is 0.593. The molecule has 0 bridgehead atoms. The lowest BCUT2D eigenvalue weighted by atomic mass is 9.82. The topological polar surface area (TPSA) is 0 Å². The SMILES string of the molecule is CCCCCCCCC(C)(C)CCCCCCCC. The first-order valence-electron chi connectivity index (χ1n) is 9.12. The molecule has 0 aliphatic carbocycles. The fourth-order valence-electron chi connectivity index (χ4n) is 2.89. The molecular weight excluding hydrogens is 228 g/mol. The Hall–Kier alpha value is 0. The van der Waals surface area contributed by atoms with E-state index in [0.717, 1.165) is 0 Å². The highest BCUT2D eigenvalue weighted by Gasteiger charge is 2.16. The third kappa shape index (κ3) is 14.2. The lowest BCUT2D eigenvalue weighted by Crippen LogP contribution is -2.11. The molecule has 0 aliphatic heterocycles. The van der Waals surface area contributed by atoms with Gasteiger partial charge < -0.3 is 0 Å². The molecule has 0 aromatic rings. The lowest BCUT2D eigenvalue weighted by Gasteiger charge is -2.24. The van der Waals surface area contributed by atoms with Gasteiger partial charge in [-0.1, -0.05) is 105 Å². The summed E-state index contributed by atoms with van der Waals surface area (Å²) >= 11 is 0. The third-order valence-corrected chi connectivity index (χ3v) is 4.41. The molecule has 0 N–H and O–H groups in total. The summed E-state index contributed by atoms with van der Waals surface area (Å²) in [5, 5.41) is 0. The Bertz CT molecular complexity index is 151. The average molecular weight is 269 g/mol. The molecule has 0 amide bonds. The summed E-state index contributed by atoms with van der Waals surface area (Å²) in [7, 11) is 0. The number of unbranched alkanes of at least 4 members (excludes halogenated alkanes) is 10. The standard InChI is InChI=1S/C19H40/c1-5-7-9-11-13-15-17-19(3,4)18-16-14-12-10-8-6-2/h5-18H2,1-4H3. The van der Waals surface area contributed by atoms with Crippen molar-refractivity contribution in [3.63, 3.8) is 0 Å². The Kier molecular flexibility index (Phi) is 13.0. The molecule has 19 heavy (non-hydrogen) atoms.